The van der Waals surface area contributed by atoms with Crippen LogP contribution in [0.15, 0.2) is 40.9 Å². The van der Waals surface area contributed by atoms with E-state index in [1.54, 1.807) is 21.3 Å². The molecule has 1 N–H and O–H groups in total. The van der Waals surface area contributed by atoms with Crippen molar-refractivity contribution >= 4 is 5.91 Å². The standard InChI is InChI=1S/C29H36N4O6/c1-29(2)16-22(21-15-20(35-3)7-9-23(21)38-29)30-28(34)18-10-12-33(13-11-18)17-26-31-27(32-39-26)19-6-8-24(36-4)25(14-19)37-5/h6-9,14-15,18,22H,10-13,16-17H2,1-5H3,(H,30,34). The highest BCUT2D eigenvalue weighted by Gasteiger charge is 2.36. The van der Waals surface area contributed by atoms with Crippen LogP contribution in [0.2, 0.25) is 0 Å². The normalized spacial score (nSPS) is 19.1. The van der Waals surface area contributed by atoms with Crippen LogP contribution in [0.1, 0.15) is 50.6 Å². The Balaban J connectivity index is 1.17. The minimum atomic E-state index is -0.372. The van der Waals surface area contributed by atoms with Gasteiger partial charge in [0.15, 0.2) is 11.5 Å². The zero-order valence-corrected chi connectivity index (χ0v) is 23.2. The van der Waals surface area contributed by atoms with Gasteiger partial charge >= 0.3 is 0 Å². The van der Waals surface area contributed by atoms with Gasteiger partial charge in [0, 0.05) is 23.5 Å². The molecule has 39 heavy (non-hydrogen) atoms. The number of piperidine rings is 1. The Labute approximate surface area is 228 Å². The van der Waals surface area contributed by atoms with Gasteiger partial charge in [0.1, 0.15) is 17.1 Å². The molecule has 0 aliphatic carbocycles. The molecular weight excluding hydrogens is 500 g/mol. The molecule has 0 saturated carbocycles. The van der Waals surface area contributed by atoms with E-state index in [2.05, 4.69) is 20.4 Å². The van der Waals surface area contributed by atoms with Gasteiger partial charge < -0.3 is 28.8 Å². The molecule has 3 aromatic rings. The Kier molecular flexibility index (Phi) is 7.65. The van der Waals surface area contributed by atoms with Gasteiger partial charge in [0.25, 0.3) is 0 Å². The first-order valence-electron chi connectivity index (χ1n) is 13.2. The van der Waals surface area contributed by atoms with Crippen molar-refractivity contribution in [1.29, 1.82) is 0 Å². The molecule has 10 nitrogen and oxygen atoms in total. The number of carbonyl (C=O) groups is 1. The molecule has 5 rings (SSSR count). The third-order valence-electron chi connectivity index (χ3n) is 7.42. The third-order valence-corrected chi connectivity index (χ3v) is 7.42. The molecule has 208 valence electrons. The summed E-state index contributed by atoms with van der Waals surface area (Å²) in [6.45, 7) is 6.18. The Morgan fingerprint density at radius 2 is 1.82 bits per heavy atom. The summed E-state index contributed by atoms with van der Waals surface area (Å²) in [6.07, 6.45) is 2.22. The third kappa shape index (κ3) is 5.95. The van der Waals surface area contributed by atoms with Crippen LogP contribution in [0.3, 0.4) is 0 Å². The molecule has 10 heteroatoms. The molecule has 1 saturated heterocycles. The highest BCUT2D eigenvalue weighted by molar-refractivity contribution is 5.79. The Bertz CT molecular complexity index is 1310. The van der Waals surface area contributed by atoms with Crippen LogP contribution >= 0.6 is 0 Å². The van der Waals surface area contributed by atoms with Crippen LogP contribution in [-0.2, 0) is 11.3 Å². The second-order valence-electron chi connectivity index (χ2n) is 10.7. The number of amides is 1. The molecule has 1 fully saturated rings. The lowest BCUT2D eigenvalue weighted by Crippen LogP contribution is -2.45. The van der Waals surface area contributed by atoms with Crippen LogP contribution in [0.5, 0.6) is 23.0 Å². The van der Waals surface area contributed by atoms with E-state index >= 15 is 0 Å². The number of hydrogen-bond acceptors (Lipinski definition) is 9. The Morgan fingerprint density at radius 3 is 2.54 bits per heavy atom. The molecule has 2 aliphatic heterocycles. The number of fused-ring (bicyclic) bond motifs is 1. The molecule has 0 spiro atoms. The van der Waals surface area contributed by atoms with E-state index in [-0.39, 0.29) is 23.5 Å². The van der Waals surface area contributed by atoms with E-state index in [1.165, 1.54) is 0 Å². The monoisotopic (exact) mass is 536 g/mol. The van der Waals surface area contributed by atoms with Gasteiger partial charge in [0.05, 0.1) is 33.9 Å². The molecule has 0 bridgehead atoms. The molecule has 2 aromatic carbocycles. The van der Waals surface area contributed by atoms with Crippen LogP contribution in [0, 0.1) is 5.92 Å². The summed E-state index contributed by atoms with van der Waals surface area (Å²) in [7, 11) is 4.83. The summed E-state index contributed by atoms with van der Waals surface area (Å²) in [5.41, 5.74) is 1.37. The first-order valence-corrected chi connectivity index (χ1v) is 13.2. The van der Waals surface area contributed by atoms with Crippen LogP contribution in [-0.4, -0.2) is 61.0 Å². The van der Waals surface area contributed by atoms with Gasteiger partial charge in [-0.2, -0.15) is 4.98 Å². The van der Waals surface area contributed by atoms with Crippen molar-refractivity contribution in [3.05, 3.63) is 47.9 Å². The van der Waals surface area contributed by atoms with Crippen LogP contribution < -0.4 is 24.3 Å². The quantitative estimate of drug-likeness (QED) is 0.448. The number of nitrogens with one attached hydrogen (secondary N) is 1. The number of nitrogens with zero attached hydrogens (tertiary/aromatic N) is 3. The smallest absolute Gasteiger partial charge is 0.241 e. The zero-order valence-electron chi connectivity index (χ0n) is 23.2. The summed E-state index contributed by atoms with van der Waals surface area (Å²) in [6, 6.07) is 11.1. The Morgan fingerprint density at radius 1 is 1.05 bits per heavy atom. The second-order valence-corrected chi connectivity index (χ2v) is 10.7. The molecule has 1 unspecified atom stereocenters. The van der Waals surface area contributed by atoms with Crippen molar-refractivity contribution in [2.24, 2.45) is 5.92 Å². The van der Waals surface area contributed by atoms with E-state index in [0.717, 1.165) is 48.6 Å². The number of aromatic nitrogens is 2. The topological polar surface area (TPSA) is 108 Å². The lowest BCUT2D eigenvalue weighted by molar-refractivity contribution is -0.127. The summed E-state index contributed by atoms with van der Waals surface area (Å²) in [5, 5.41) is 7.44. The van der Waals surface area contributed by atoms with Crippen LogP contribution in [0.25, 0.3) is 11.4 Å². The predicted molar refractivity (Wildman–Crippen MR) is 144 cm³/mol. The first kappa shape index (κ1) is 26.8. The van der Waals surface area contributed by atoms with Crippen LogP contribution in [0.4, 0.5) is 0 Å². The fraction of sp³-hybridized carbons (Fsp3) is 0.483. The maximum Gasteiger partial charge on any atom is 0.241 e. The lowest BCUT2D eigenvalue weighted by Gasteiger charge is -2.39. The van der Waals surface area contributed by atoms with E-state index in [4.69, 9.17) is 23.5 Å². The minimum absolute atomic E-state index is 0.0497. The number of rotatable bonds is 8. The average Bonchev–Trinajstić information content (AvgIpc) is 3.40. The number of ether oxygens (including phenoxy) is 4. The zero-order chi connectivity index (χ0) is 27.6. The van der Waals surface area contributed by atoms with E-state index in [0.29, 0.717) is 36.2 Å². The van der Waals surface area contributed by atoms with Gasteiger partial charge in [-0.05, 0) is 76.2 Å². The average molecular weight is 537 g/mol. The van der Waals surface area contributed by atoms with Crippen molar-refractivity contribution in [2.75, 3.05) is 34.4 Å². The summed E-state index contributed by atoms with van der Waals surface area (Å²) in [5.74, 6) is 3.86. The van der Waals surface area contributed by atoms with E-state index < -0.39 is 0 Å². The minimum Gasteiger partial charge on any atom is -0.497 e. The Hall–Kier alpha value is -3.79. The summed E-state index contributed by atoms with van der Waals surface area (Å²) in [4.78, 5) is 20.1. The molecule has 0 radical (unpaired) electrons. The molecule has 2 aliphatic rings. The number of likely N-dealkylation sites (tertiary alicyclic amines) is 1. The molecule has 3 heterocycles. The highest BCUT2D eigenvalue weighted by atomic mass is 16.5. The number of hydrogen-bond donors (Lipinski definition) is 1. The predicted octanol–water partition coefficient (Wildman–Crippen LogP) is 4.39. The number of methoxy groups -OCH3 is 3. The molecular formula is C29H36N4O6. The summed E-state index contributed by atoms with van der Waals surface area (Å²) >= 11 is 0. The first-order chi connectivity index (χ1) is 18.8. The van der Waals surface area contributed by atoms with Crippen molar-refractivity contribution in [2.45, 2.75) is 51.3 Å². The molecule has 1 atom stereocenters. The SMILES string of the molecule is COc1ccc2c(c1)C(NC(=O)C1CCN(Cc3nc(-c4ccc(OC)c(OC)c4)no3)CC1)CC(C)(C)O2. The number of carbonyl (C=O) groups excluding carboxylic acids is 1. The van der Waals surface area contributed by atoms with Gasteiger partial charge in [-0.25, -0.2) is 0 Å². The van der Waals surface area contributed by atoms with Crippen molar-refractivity contribution in [1.82, 2.24) is 20.4 Å². The van der Waals surface area contributed by atoms with Gasteiger partial charge in [0.2, 0.25) is 17.6 Å². The largest absolute Gasteiger partial charge is 0.497 e. The summed E-state index contributed by atoms with van der Waals surface area (Å²) < 4.78 is 27.8. The van der Waals surface area contributed by atoms with E-state index in [1.807, 2.05) is 50.2 Å². The molecule has 1 amide bonds. The lowest BCUT2D eigenvalue weighted by atomic mass is 9.88. The maximum atomic E-state index is 13.3. The van der Waals surface area contributed by atoms with Crippen molar-refractivity contribution in [3.63, 3.8) is 0 Å². The van der Waals surface area contributed by atoms with Gasteiger partial charge in [-0.3, -0.25) is 9.69 Å². The fourth-order valence-corrected chi connectivity index (χ4v) is 5.33. The second kappa shape index (κ2) is 11.1. The number of benzene rings is 2. The molecule has 1 aromatic heterocycles. The maximum absolute atomic E-state index is 13.3. The van der Waals surface area contributed by atoms with Crippen molar-refractivity contribution < 1.29 is 28.3 Å². The highest BCUT2D eigenvalue weighted by Crippen LogP contribution is 2.41. The van der Waals surface area contributed by atoms with Gasteiger partial charge in [-0.15, -0.1) is 0 Å². The van der Waals surface area contributed by atoms with E-state index in [9.17, 15) is 4.79 Å². The van der Waals surface area contributed by atoms with Crippen molar-refractivity contribution in [3.8, 4) is 34.4 Å². The fourth-order valence-electron chi connectivity index (χ4n) is 5.33. The van der Waals surface area contributed by atoms with Gasteiger partial charge in [-0.1, -0.05) is 5.16 Å².